The van der Waals surface area contributed by atoms with Gasteiger partial charge in [-0.25, -0.2) is 0 Å². The van der Waals surface area contributed by atoms with E-state index in [4.69, 9.17) is 0 Å². The Bertz CT molecular complexity index is 335. The van der Waals surface area contributed by atoms with Crippen molar-refractivity contribution >= 4 is 5.78 Å². The highest BCUT2D eigenvalue weighted by molar-refractivity contribution is 5.83. The minimum Gasteiger partial charge on any atom is -0.299 e. The minimum absolute atomic E-state index is 0.255. The molecule has 0 aromatic carbocycles. The van der Waals surface area contributed by atoms with Gasteiger partial charge in [0.1, 0.15) is 5.78 Å². The molecule has 14 heavy (non-hydrogen) atoms. The summed E-state index contributed by atoms with van der Waals surface area (Å²) in [6.45, 7) is 4.02. The SMILES string of the molecule is Cc1n[nH]c(C)c1CC1CCCC1=O. The van der Waals surface area contributed by atoms with Crippen LogP contribution >= 0.6 is 0 Å². The van der Waals surface area contributed by atoms with Gasteiger partial charge in [-0.2, -0.15) is 5.10 Å². The molecule has 1 atom stereocenters. The first-order valence-corrected chi connectivity index (χ1v) is 5.21. The van der Waals surface area contributed by atoms with Crippen molar-refractivity contribution in [2.45, 2.75) is 39.5 Å². The maximum absolute atomic E-state index is 11.5. The van der Waals surface area contributed by atoms with E-state index in [1.807, 2.05) is 13.8 Å². The lowest BCUT2D eigenvalue weighted by Crippen LogP contribution is -2.10. The quantitative estimate of drug-likeness (QED) is 0.778. The molecule has 1 aromatic rings. The number of carbonyl (C=O) groups excluding carboxylic acids is 1. The smallest absolute Gasteiger partial charge is 0.136 e. The number of Topliss-reactive ketones (excluding diaryl/α,β-unsaturated/α-hetero) is 1. The topological polar surface area (TPSA) is 45.8 Å². The van der Waals surface area contributed by atoms with E-state index in [1.165, 1.54) is 5.56 Å². The van der Waals surface area contributed by atoms with Crippen molar-refractivity contribution in [2.24, 2.45) is 5.92 Å². The number of hydrogen-bond donors (Lipinski definition) is 1. The number of ketones is 1. The second kappa shape index (κ2) is 3.56. The normalized spacial score (nSPS) is 21.9. The van der Waals surface area contributed by atoms with Gasteiger partial charge in [0.05, 0.1) is 5.69 Å². The van der Waals surface area contributed by atoms with Crippen molar-refractivity contribution in [3.63, 3.8) is 0 Å². The molecule has 0 radical (unpaired) electrons. The van der Waals surface area contributed by atoms with Gasteiger partial charge in [0, 0.05) is 18.0 Å². The average Bonchev–Trinajstić information content (AvgIpc) is 2.67. The van der Waals surface area contributed by atoms with Crippen molar-refractivity contribution in [3.8, 4) is 0 Å². The fraction of sp³-hybridized carbons (Fsp3) is 0.636. The van der Waals surface area contributed by atoms with E-state index in [9.17, 15) is 4.79 Å². The van der Waals surface area contributed by atoms with Gasteiger partial charge >= 0.3 is 0 Å². The molecule has 0 aliphatic heterocycles. The molecule has 1 fully saturated rings. The number of rotatable bonds is 2. The Kier molecular flexibility index (Phi) is 2.40. The Hall–Kier alpha value is -1.12. The third-order valence-electron chi connectivity index (χ3n) is 3.16. The van der Waals surface area contributed by atoms with Gasteiger partial charge in [-0.05, 0) is 38.7 Å². The lowest BCUT2D eigenvalue weighted by molar-refractivity contribution is -0.120. The fourth-order valence-electron chi connectivity index (χ4n) is 2.22. The van der Waals surface area contributed by atoms with Crippen LogP contribution in [0.5, 0.6) is 0 Å². The molecule has 2 rings (SSSR count). The number of H-pyrrole nitrogens is 1. The molecule has 3 nitrogen and oxygen atoms in total. The third kappa shape index (κ3) is 1.59. The largest absolute Gasteiger partial charge is 0.299 e. The van der Waals surface area contributed by atoms with E-state index in [0.29, 0.717) is 5.78 Å². The molecule has 1 saturated carbocycles. The first-order valence-electron chi connectivity index (χ1n) is 5.21. The summed E-state index contributed by atoms with van der Waals surface area (Å²) in [6, 6.07) is 0. The van der Waals surface area contributed by atoms with Crippen LogP contribution in [0.4, 0.5) is 0 Å². The third-order valence-corrected chi connectivity index (χ3v) is 3.16. The number of aryl methyl sites for hydroxylation is 2. The van der Waals surface area contributed by atoms with E-state index in [-0.39, 0.29) is 5.92 Å². The molecule has 1 heterocycles. The summed E-state index contributed by atoms with van der Waals surface area (Å²) in [5, 5.41) is 7.11. The minimum atomic E-state index is 0.255. The lowest BCUT2D eigenvalue weighted by Gasteiger charge is -2.07. The summed E-state index contributed by atoms with van der Waals surface area (Å²) in [5.41, 5.74) is 3.40. The first-order chi connectivity index (χ1) is 6.68. The van der Waals surface area contributed by atoms with Gasteiger partial charge in [-0.15, -0.1) is 0 Å². The Morgan fingerprint density at radius 1 is 1.50 bits per heavy atom. The predicted molar refractivity (Wildman–Crippen MR) is 54.1 cm³/mol. The number of carbonyl (C=O) groups is 1. The molecule has 3 heteroatoms. The second-order valence-electron chi connectivity index (χ2n) is 4.17. The lowest BCUT2D eigenvalue weighted by atomic mass is 9.96. The van der Waals surface area contributed by atoms with Crippen molar-refractivity contribution in [1.29, 1.82) is 0 Å². The number of aromatic amines is 1. The number of hydrogen-bond acceptors (Lipinski definition) is 2. The molecule has 1 aromatic heterocycles. The Morgan fingerprint density at radius 2 is 2.29 bits per heavy atom. The van der Waals surface area contributed by atoms with Crippen LogP contribution in [-0.2, 0) is 11.2 Å². The van der Waals surface area contributed by atoms with Crippen LogP contribution in [0.25, 0.3) is 0 Å². The standard InChI is InChI=1S/C11H16N2O/c1-7-10(8(2)13-12-7)6-9-4-3-5-11(9)14/h9H,3-6H2,1-2H3,(H,12,13). The molecule has 0 saturated heterocycles. The number of aromatic nitrogens is 2. The van der Waals surface area contributed by atoms with E-state index >= 15 is 0 Å². The zero-order valence-corrected chi connectivity index (χ0v) is 8.76. The van der Waals surface area contributed by atoms with Gasteiger partial charge in [0.15, 0.2) is 0 Å². The van der Waals surface area contributed by atoms with Crippen molar-refractivity contribution in [2.75, 3.05) is 0 Å². The molecule has 0 amide bonds. The molecule has 0 bridgehead atoms. The maximum atomic E-state index is 11.5. The Morgan fingerprint density at radius 3 is 2.79 bits per heavy atom. The van der Waals surface area contributed by atoms with Gasteiger partial charge < -0.3 is 0 Å². The zero-order valence-electron chi connectivity index (χ0n) is 8.76. The fourth-order valence-corrected chi connectivity index (χ4v) is 2.22. The van der Waals surface area contributed by atoms with Crippen LogP contribution in [-0.4, -0.2) is 16.0 Å². The second-order valence-corrected chi connectivity index (χ2v) is 4.17. The summed E-state index contributed by atoms with van der Waals surface area (Å²) in [7, 11) is 0. The monoisotopic (exact) mass is 192 g/mol. The molecular formula is C11H16N2O. The van der Waals surface area contributed by atoms with Crippen LogP contribution in [0.1, 0.15) is 36.2 Å². The number of nitrogens with zero attached hydrogens (tertiary/aromatic N) is 1. The highest BCUT2D eigenvalue weighted by Crippen LogP contribution is 2.26. The molecule has 76 valence electrons. The van der Waals surface area contributed by atoms with Crippen molar-refractivity contribution in [3.05, 3.63) is 17.0 Å². The van der Waals surface area contributed by atoms with Crippen LogP contribution in [0, 0.1) is 19.8 Å². The Balaban J connectivity index is 2.14. The summed E-state index contributed by atoms with van der Waals surface area (Å²) in [6.07, 6.45) is 3.79. The highest BCUT2D eigenvalue weighted by atomic mass is 16.1. The zero-order chi connectivity index (χ0) is 10.1. The van der Waals surface area contributed by atoms with Gasteiger partial charge in [0.25, 0.3) is 0 Å². The summed E-state index contributed by atoms with van der Waals surface area (Å²) in [5.74, 6) is 0.690. The van der Waals surface area contributed by atoms with Crippen molar-refractivity contribution < 1.29 is 4.79 Å². The van der Waals surface area contributed by atoms with Gasteiger partial charge in [0.2, 0.25) is 0 Å². The first kappa shape index (κ1) is 9.44. The van der Waals surface area contributed by atoms with Crippen LogP contribution < -0.4 is 0 Å². The highest BCUT2D eigenvalue weighted by Gasteiger charge is 2.25. The van der Waals surface area contributed by atoms with E-state index < -0.39 is 0 Å². The van der Waals surface area contributed by atoms with Crippen LogP contribution in [0.3, 0.4) is 0 Å². The van der Waals surface area contributed by atoms with E-state index in [2.05, 4.69) is 10.2 Å². The molecule has 1 unspecified atom stereocenters. The van der Waals surface area contributed by atoms with Gasteiger partial charge in [-0.3, -0.25) is 9.89 Å². The van der Waals surface area contributed by atoms with Crippen LogP contribution in [0.15, 0.2) is 0 Å². The molecule has 1 aliphatic carbocycles. The molecule has 0 spiro atoms. The Labute approximate surface area is 83.9 Å². The molecule has 1 N–H and O–H groups in total. The molecule has 1 aliphatic rings. The average molecular weight is 192 g/mol. The maximum Gasteiger partial charge on any atom is 0.136 e. The van der Waals surface area contributed by atoms with Gasteiger partial charge in [-0.1, -0.05) is 0 Å². The van der Waals surface area contributed by atoms with E-state index in [0.717, 1.165) is 37.1 Å². The van der Waals surface area contributed by atoms with E-state index in [1.54, 1.807) is 0 Å². The number of nitrogens with one attached hydrogen (secondary N) is 1. The predicted octanol–water partition coefficient (Wildman–Crippen LogP) is 1.94. The molecular weight excluding hydrogens is 176 g/mol. The summed E-state index contributed by atoms with van der Waals surface area (Å²) < 4.78 is 0. The van der Waals surface area contributed by atoms with Crippen LogP contribution in [0.2, 0.25) is 0 Å². The summed E-state index contributed by atoms with van der Waals surface area (Å²) in [4.78, 5) is 11.5. The van der Waals surface area contributed by atoms with Crippen molar-refractivity contribution in [1.82, 2.24) is 10.2 Å². The summed E-state index contributed by atoms with van der Waals surface area (Å²) >= 11 is 0.